The van der Waals surface area contributed by atoms with E-state index in [9.17, 15) is 0 Å². The fourth-order valence-corrected chi connectivity index (χ4v) is 1.56. The number of fused-ring (bicyclic) bond motifs is 1. The summed E-state index contributed by atoms with van der Waals surface area (Å²) in [7, 11) is 0. The van der Waals surface area contributed by atoms with Crippen molar-refractivity contribution in [2.75, 3.05) is 6.54 Å². The Labute approximate surface area is 66.7 Å². The van der Waals surface area contributed by atoms with Crippen molar-refractivity contribution in [3.8, 4) is 0 Å². The summed E-state index contributed by atoms with van der Waals surface area (Å²) in [5.74, 6) is 0.569. The van der Waals surface area contributed by atoms with E-state index in [1.165, 1.54) is 11.3 Å². The van der Waals surface area contributed by atoms with Gasteiger partial charge in [-0.25, -0.2) is 0 Å². The van der Waals surface area contributed by atoms with Gasteiger partial charge in [0.15, 0.2) is 0 Å². The first kappa shape index (κ1) is 6.80. The Kier molecular flexibility index (Phi) is 1.62. The van der Waals surface area contributed by atoms with Gasteiger partial charge in [-0.2, -0.15) is 0 Å². The van der Waals surface area contributed by atoms with Gasteiger partial charge in [0.25, 0.3) is 0 Å². The van der Waals surface area contributed by atoms with Crippen LogP contribution in [-0.2, 0) is 6.54 Å². The van der Waals surface area contributed by atoms with E-state index in [1.54, 1.807) is 0 Å². The third kappa shape index (κ3) is 1.14. The average molecular weight is 148 g/mol. The number of nitrogens with zero attached hydrogens (tertiary/aromatic N) is 1. The molecule has 2 nitrogen and oxygen atoms in total. The predicted molar refractivity (Wildman–Crippen MR) is 44.4 cm³/mol. The number of hydrogen-bond acceptors (Lipinski definition) is 2. The summed E-state index contributed by atoms with van der Waals surface area (Å²) in [4.78, 5) is 4.36. The largest absolute Gasteiger partial charge is 0.312 e. The smallest absolute Gasteiger partial charge is 0.0489 e. The number of rotatable bonds is 0. The molecule has 1 aliphatic rings. The Morgan fingerprint density at radius 3 is 3.36 bits per heavy atom. The molecule has 2 heteroatoms. The van der Waals surface area contributed by atoms with Crippen LogP contribution in [0.25, 0.3) is 0 Å². The first-order chi connectivity index (χ1) is 5.38. The molecular weight excluding hydrogens is 136 g/mol. The first-order valence-corrected chi connectivity index (χ1v) is 4.02. The van der Waals surface area contributed by atoms with Crippen molar-refractivity contribution in [1.29, 1.82) is 0 Å². The highest BCUT2D eigenvalue weighted by molar-refractivity contribution is 5.25. The summed E-state index contributed by atoms with van der Waals surface area (Å²) in [5.41, 5.74) is 2.62. The van der Waals surface area contributed by atoms with E-state index < -0.39 is 0 Å². The zero-order valence-electron chi connectivity index (χ0n) is 6.67. The molecule has 2 rings (SSSR count). The highest BCUT2D eigenvalue weighted by atomic mass is 14.9. The van der Waals surface area contributed by atoms with Crippen molar-refractivity contribution in [3.63, 3.8) is 0 Å². The molecule has 0 aliphatic carbocycles. The minimum atomic E-state index is 0.569. The quantitative estimate of drug-likeness (QED) is 0.599. The molecule has 11 heavy (non-hydrogen) atoms. The van der Waals surface area contributed by atoms with E-state index in [4.69, 9.17) is 0 Å². The minimum Gasteiger partial charge on any atom is -0.312 e. The van der Waals surface area contributed by atoms with Crippen molar-refractivity contribution < 1.29 is 0 Å². The molecule has 1 aliphatic heterocycles. The van der Waals surface area contributed by atoms with E-state index >= 15 is 0 Å². The molecule has 0 amide bonds. The Bertz CT molecular complexity index is 257. The standard InChI is InChI=1S/C9H12N2/c1-7-5-10-6-8-3-2-4-11-9(7)8/h2-4,7,10H,5-6H2,1H3/t7-/m1/s1. The van der Waals surface area contributed by atoms with Gasteiger partial charge in [0.1, 0.15) is 0 Å². The Balaban J connectivity index is 2.44. The summed E-state index contributed by atoms with van der Waals surface area (Å²) >= 11 is 0. The second kappa shape index (κ2) is 2.62. The van der Waals surface area contributed by atoms with Gasteiger partial charge in [-0.15, -0.1) is 0 Å². The first-order valence-electron chi connectivity index (χ1n) is 4.02. The zero-order valence-corrected chi connectivity index (χ0v) is 6.67. The maximum atomic E-state index is 4.36. The normalized spacial score (nSPS) is 22.8. The Morgan fingerprint density at radius 2 is 2.55 bits per heavy atom. The summed E-state index contributed by atoms with van der Waals surface area (Å²) in [5, 5.41) is 3.35. The molecule has 1 atom stereocenters. The lowest BCUT2D eigenvalue weighted by molar-refractivity contribution is 0.556. The SMILES string of the molecule is C[C@@H]1CNCc2cccnc21. The number of nitrogens with one attached hydrogen (secondary N) is 1. The highest BCUT2D eigenvalue weighted by Crippen LogP contribution is 2.19. The molecule has 58 valence electrons. The molecule has 1 N–H and O–H groups in total. The maximum absolute atomic E-state index is 4.36. The van der Waals surface area contributed by atoms with Crippen molar-refractivity contribution in [3.05, 3.63) is 29.6 Å². The molecular formula is C9H12N2. The molecule has 1 aromatic heterocycles. The Hall–Kier alpha value is -0.890. The van der Waals surface area contributed by atoms with Gasteiger partial charge in [-0.05, 0) is 11.6 Å². The van der Waals surface area contributed by atoms with Crippen molar-refractivity contribution in [1.82, 2.24) is 10.3 Å². The van der Waals surface area contributed by atoms with Crippen LogP contribution in [0, 0.1) is 0 Å². The van der Waals surface area contributed by atoms with E-state index in [0.29, 0.717) is 5.92 Å². The molecule has 0 saturated heterocycles. The average Bonchev–Trinajstić information content (AvgIpc) is 2.06. The monoisotopic (exact) mass is 148 g/mol. The van der Waals surface area contributed by atoms with Crippen LogP contribution in [0.15, 0.2) is 18.3 Å². The number of pyridine rings is 1. The Morgan fingerprint density at radius 1 is 1.64 bits per heavy atom. The molecule has 1 aromatic rings. The van der Waals surface area contributed by atoms with Crippen LogP contribution in [0.5, 0.6) is 0 Å². The topological polar surface area (TPSA) is 24.9 Å². The summed E-state index contributed by atoms with van der Waals surface area (Å²) in [6.45, 7) is 4.25. The lowest BCUT2D eigenvalue weighted by Crippen LogP contribution is -2.27. The van der Waals surface area contributed by atoms with E-state index in [-0.39, 0.29) is 0 Å². The lowest BCUT2D eigenvalue weighted by Gasteiger charge is -2.21. The molecule has 0 unspecified atom stereocenters. The van der Waals surface area contributed by atoms with E-state index in [2.05, 4.69) is 23.3 Å². The van der Waals surface area contributed by atoms with Crippen LogP contribution in [-0.4, -0.2) is 11.5 Å². The predicted octanol–water partition coefficient (Wildman–Crippen LogP) is 1.29. The molecule has 0 spiro atoms. The maximum Gasteiger partial charge on any atom is 0.0489 e. The van der Waals surface area contributed by atoms with Gasteiger partial charge in [0.2, 0.25) is 0 Å². The summed E-state index contributed by atoms with van der Waals surface area (Å²) in [6.07, 6.45) is 1.88. The third-order valence-corrected chi connectivity index (χ3v) is 2.16. The van der Waals surface area contributed by atoms with Crippen LogP contribution in [0.3, 0.4) is 0 Å². The number of hydrogen-bond donors (Lipinski definition) is 1. The lowest BCUT2D eigenvalue weighted by atomic mass is 9.98. The van der Waals surface area contributed by atoms with Crippen LogP contribution in [0.4, 0.5) is 0 Å². The summed E-state index contributed by atoms with van der Waals surface area (Å²) < 4.78 is 0. The van der Waals surface area contributed by atoms with Crippen molar-refractivity contribution in [2.24, 2.45) is 0 Å². The second-order valence-corrected chi connectivity index (χ2v) is 3.08. The van der Waals surface area contributed by atoms with Crippen molar-refractivity contribution in [2.45, 2.75) is 19.4 Å². The third-order valence-electron chi connectivity index (χ3n) is 2.16. The molecule has 0 bridgehead atoms. The molecule has 2 heterocycles. The summed E-state index contributed by atoms with van der Waals surface area (Å²) in [6, 6.07) is 4.14. The second-order valence-electron chi connectivity index (χ2n) is 3.08. The van der Waals surface area contributed by atoms with Gasteiger partial charge in [-0.3, -0.25) is 4.98 Å². The fraction of sp³-hybridized carbons (Fsp3) is 0.444. The van der Waals surface area contributed by atoms with Crippen LogP contribution < -0.4 is 5.32 Å². The number of aromatic nitrogens is 1. The van der Waals surface area contributed by atoms with Gasteiger partial charge >= 0.3 is 0 Å². The highest BCUT2D eigenvalue weighted by Gasteiger charge is 2.15. The van der Waals surface area contributed by atoms with Gasteiger partial charge in [0.05, 0.1) is 0 Å². The molecule has 0 radical (unpaired) electrons. The van der Waals surface area contributed by atoms with E-state index in [0.717, 1.165) is 13.1 Å². The van der Waals surface area contributed by atoms with Gasteiger partial charge in [0, 0.05) is 30.9 Å². The minimum absolute atomic E-state index is 0.569. The fourth-order valence-electron chi connectivity index (χ4n) is 1.56. The van der Waals surface area contributed by atoms with Crippen LogP contribution in [0.2, 0.25) is 0 Å². The van der Waals surface area contributed by atoms with Crippen molar-refractivity contribution >= 4 is 0 Å². The van der Waals surface area contributed by atoms with E-state index in [1.807, 2.05) is 12.3 Å². The van der Waals surface area contributed by atoms with Gasteiger partial charge in [-0.1, -0.05) is 13.0 Å². The zero-order chi connectivity index (χ0) is 7.68. The molecule has 0 aromatic carbocycles. The molecule has 0 saturated carbocycles. The van der Waals surface area contributed by atoms with Gasteiger partial charge < -0.3 is 5.32 Å². The van der Waals surface area contributed by atoms with Crippen LogP contribution in [0.1, 0.15) is 24.1 Å². The van der Waals surface area contributed by atoms with Crippen LogP contribution >= 0.6 is 0 Å². The molecule has 0 fully saturated rings.